The zero-order chi connectivity index (χ0) is 25.6. The maximum absolute atomic E-state index is 12.2. The number of aromatic nitrogens is 2. The number of thiophene rings is 1. The van der Waals surface area contributed by atoms with Crippen LogP contribution in [0.2, 0.25) is 0 Å². The van der Waals surface area contributed by atoms with Crippen LogP contribution in [0.5, 0.6) is 5.75 Å². The molecule has 4 N–H and O–H groups in total. The summed E-state index contributed by atoms with van der Waals surface area (Å²) >= 11 is 1.59. The van der Waals surface area contributed by atoms with Crippen molar-refractivity contribution in [1.29, 1.82) is 0 Å². The van der Waals surface area contributed by atoms with E-state index in [1.165, 1.54) is 12.8 Å². The molecule has 1 aliphatic heterocycles. The van der Waals surface area contributed by atoms with Crippen LogP contribution in [-0.4, -0.2) is 52.1 Å². The second-order valence-corrected chi connectivity index (χ2v) is 11.9. The Kier molecular flexibility index (Phi) is 6.28. The van der Waals surface area contributed by atoms with Gasteiger partial charge in [-0.2, -0.15) is 4.98 Å². The second-order valence-electron chi connectivity index (χ2n) is 11.0. The Morgan fingerprint density at radius 2 is 1.89 bits per heavy atom. The molecule has 0 spiro atoms. The third kappa shape index (κ3) is 4.78. The van der Waals surface area contributed by atoms with Crippen LogP contribution in [0.3, 0.4) is 0 Å². The van der Waals surface area contributed by atoms with E-state index in [2.05, 4.69) is 41.5 Å². The third-order valence-electron chi connectivity index (χ3n) is 8.06. The van der Waals surface area contributed by atoms with Gasteiger partial charge in [0.2, 0.25) is 11.9 Å². The predicted octanol–water partition coefficient (Wildman–Crippen LogP) is 4.78. The van der Waals surface area contributed by atoms with Crippen molar-refractivity contribution < 1.29 is 9.53 Å². The molecule has 0 radical (unpaired) electrons. The number of hydrogen-bond donors (Lipinski definition) is 3. The van der Waals surface area contributed by atoms with Gasteiger partial charge in [-0.25, -0.2) is 4.98 Å². The lowest BCUT2D eigenvalue weighted by Gasteiger charge is -2.35. The number of carbonyl (C=O) groups excluding carboxylic acids is 1. The second kappa shape index (κ2) is 9.61. The summed E-state index contributed by atoms with van der Waals surface area (Å²) in [6.45, 7) is 7.43. The number of anilines is 3. The average molecular weight is 519 g/mol. The fraction of sp³-hybridized carbons (Fsp3) is 0.464. The van der Waals surface area contributed by atoms with Crippen LogP contribution < -0.4 is 21.1 Å². The normalized spacial score (nSPS) is 25.1. The highest BCUT2D eigenvalue weighted by Crippen LogP contribution is 2.45. The standard InChI is InChI=1S/C28H34N6O2S/c1-28(2,34-12-3-4-13-34)16-36-20-9-7-19(8-10-20)30-27-31-21-11-14-37-24(21)26(33-27)32-23-18-6-5-17(15-18)22(23)25(29)35/h5-11,14,17-18,22-23H,3-4,12-13,15-16H2,1-2H3,(H2,29,35)(H2,30,31,32,33). The van der Waals surface area contributed by atoms with Gasteiger partial charge < -0.3 is 21.1 Å². The molecule has 8 nitrogen and oxygen atoms in total. The van der Waals surface area contributed by atoms with Gasteiger partial charge in [-0.15, -0.1) is 11.3 Å². The lowest BCUT2D eigenvalue weighted by molar-refractivity contribution is -0.122. The molecule has 4 unspecified atom stereocenters. The van der Waals surface area contributed by atoms with E-state index in [0.717, 1.165) is 47.0 Å². The molecule has 2 aliphatic carbocycles. The van der Waals surface area contributed by atoms with Crippen molar-refractivity contribution in [1.82, 2.24) is 14.9 Å². The first-order chi connectivity index (χ1) is 17.9. The third-order valence-corrected chi connectivity index (χ3v) is 8.97. The molecule has 194 valence electrons. The Morgan fingerprint density at radius 3 is 2.65 bits per heavy atom. The first kappa shape index (κ1) is 24.2. The van der Waals surface area contributed by atoms with Gasteiger partial charge in [-0.3, -0.25) is 9.69 Å². The summed E-state index contributed by atoms with van der Waals surface area (Å²) in [6.07, 6.45) is 7.82. The number of allylic oxidation sites excluding steroid dienone is 1. The molecule has 2 fully saturated rings. The molecule has 2 aromatic heterocycles. The molecular weight excluding hydrogens is 484 g/mol. The van der Waals surface area contributed by atoms with Crippen LogP contribution in [0.4, 0.5) is 17.5 Å². The van der Waals surface area contributed by atoms with Crippen molar-refractivity contribution in [3.8, 4) is 5.75 Å². The maximum atomic E-state index is 12.2. The smallest absolute Gasteiger partial charge is 0.229 e. The molecule has 1 aromatic carbocycles. The van der Waals surface area contributed by atoms with Gasteiger partial charge in [0.25, 0.3) is 0 Å². The van der Waals surface area contributed by atoms with Crippen LogP contribution in [0.15, 0.2) is 47.9 Å². The number of benzene rings is 1. The van der Waals surface area contributed by atoms with Gasteiger partial charge in [0.15, 0.2) is 0 Å². The number of fused-ring (bicyclic) bond motifs is 3. The molecule has 4 atom stereocenters. The molecule has 9 heteroatoms. The minimum atomic E-state index is -0.254. The van der Waals surface area contributed by atoms with Crippen LogP contribution in [0, 0.1) is 17.8 Å². The lowest BCUT2D eigenvalue weighted by atomic mass is 9.88. The van der Waals surface area contributed by atoms with Gasteiger partial charge in [-0.05, 0) is 93.7 Å². The molecule has 2 bridgehead atoms. The quantitative estimate of drug-likeness (QED) is 0.350. The minimum Gasteiger partial charge on any atom is -0.492 e. The number of nitrogens with one attached hydrogen (secondary N) is 2. The van der Waals surface area contributed by atoms with Crippen LogP contribution >= 0.6 is 11.3 Å². The molecule has 1 amide bonds. The number of amides is 1. The predicted molar refractivity (Wildman–Crippen MR) is 148 cm³/mol. The van der Waals surface area contributed by atoms with Gasteiger partial charge in [0.1, 0.15) is 18.2 Å². The highest BCUT2D eigenvalue weighted by atomic mass is 32.1. The van der Waals surface area contributed by atoms with E-state index >= 15 is 0 Å². The summed E-state index contributed by atoms with van der Waals surface area (Å²) in [7, 11) is 0. The number of likely N-dealkylation sites (tertiary alicyclic amines) is 1. The van der Waals surface area contributed by atoms with E-state index in [-0.39, 0.29) is 35.2 Å². The first-order valence-electron chi connectivity index (χ1n) is 13.1. The highest BCUT2D eigenvalue weighted by molar-refractivity contribution is 7.17. The largest absolute Gasteiger partial charge is 0.492 e. The average Bonchev–Trinajstić information content (AvgIpc) is 3.68. The van der Waals surface area contributed by atoms with Crippen molar-refractivity contribution in [3.05, 3.63) is 47.9 Å². The van der Waals surface area contributed by atoms with E-state index in [0.29, 0.717) is 12.6 Å². The number of rotatable bonds is 9. The summed E-state index contributed by atoms with van der Waals surface area (Å²) in [6, 6.07) is 9.85. The Balaban J connectivity index is 1.16. The van der Waals surface area contributed by atoms with Crippen LogP contribution in [-0.2, 0) is 4.79 Å². The molecule has 1 saturated carbocycles. The summed E-state index contributed by atoms with van der Waals surface area (Å²) in [5, 5.41) is 8.91. The number of carbonyl (C=O) groups is 1. The van der Waals surface area contributed by atoms with Gasteiger partial charge >= 0.3 is 0 Å². The molecule has 3 aromatic rings. The number of primary amides is 1. The van der Waals surface area contributed by atoms with Crippen molar-refractivity contribution in [2.24, 2.45) is 23.5 Å². The maximum Gasteiger partial charge on any atom is 0.229 e. The molecule has 3 aliphatic rings. The van der Waals surface area contributed by atoms with Gasteiger partial charge in [0.05, 0.1) is 16.1 Å². The van der Waals surface area contributed by atoms with Crippen LogP contribution in [0.25, 0.3) is 10.2 Å². The topological polar surface area (TPSA) is 105 Å². The Bertz CT molecular complexity index is 1310. The molecular formula is C28H34N6O2S. The number of nitrogens with zero attached hydrogens (tertiary/aromatic N) is 3. The van der Waals surface area contributed by atoms with E-state index in [1.54, 1.807) is 11.3 Å². The SMILES string of the molecule is CC(C)(COc1ccc(Nc2nc(NC3C4C=CC(C4)C3C(N)=O)c3sccc3n2)cc1)N1CCCC1. The Hall–Kier alpha value is -3.17. The summed E-state index contributed by atoms with van der Waals surface area (Å²) in [5.74, 6) is 2.10. The minimum absolute atomic E-state index is 0.0166. The summed E-state index contributed by atoms with van der Waals surface area (Å²) in [4.78, 5) is 24.2. The highest BCUT2D eigenvalue weighted by Gasteiger charge is 2.47. The molecule has 1 saturated heterocycles. The molecule has 37 heavy (non-hydrogen) atoms. The number of nitrogens with two attached hydrogens (primary N) is 1. The van der Waals surface area contributed by atoms with Crippen molar-refractivity contribution in [2.75, 3.05) is 30.3 Å². The van der Waals surface area contributed by atoms with E-state index in [4.69, 9.17) is 20.4 Å². The van der Waals surface area contributed by atoms with Crippen molar-refractivity contribution in [3.63, 3.8) is 0 Å². The van der Waals surface area contributed by atoms with Gasteiger partial charge in [0, 0.05) is 17.3 Å². The Labute approximate surface area is 221 Å². The Morgan fingerprint density at radius 1 is 1.14 bits per heavy atom. The van der Waals surface area contributed by atoms with Crippen molar-refractivity contribution in [2.45, 2.75) is 44.7 Å². The lowest BCUT2D eigenvalue weighted by Crippen LogP contribution is -2.46. The fourth-order valence-corrected chi connectivity index (χ4v) is 6.80. The van der Waals surface area contributed by atoms with E-state index in [9.17, 15) is 4.79 Å². The molecule has 6 rings (SSSR count). The number of ether oxygens (including phenoxy) is 1. The monoisotopic (exact) mass is 518 g/mol. The summed E-state index contributed by atoms with van der Waals surface area (Å²) in [5.41, 5.74) is 7.53. The first-order valence-corrected chi connectivity index (χ1v) is 14.0. The molecule has 3 heterocycles. The zero-order valence-corrected chi connectivity index (χ0v) is 22.1. The van der Waals surface area contributed by atoms with Crippen molar-refractivity contribution >= 4 is 44.9 Å². The zero-order valence-electron chi connectivity index (χ0n) is 21.3. The summed E-state index contributed by atoms with van der Waals surface area (Å²) < 4.78 is 7.11. The van der Waals surface area contributed by atoms with E-state index in [1.807, 2.05) is 35.7 Å². The van der Waals surface area contributed by atoms with Gasteiger partial charge in [-0.1, -0.05) is 12.2 Å². The fourth-order valence-electron chi connectivity index (χ4n) is 6.02. The number of hydrogen-bond acceptors (Lipinski definition) is 8. The van der Waals surface area contributed by atoms with E-state index < -0.39 is 0 Å². The van der Waals surface area contributed by atoms with Crippen LogP contribution in [0.1, 0.15) is 33.1 Å².